The second kappa shape index (κ2) is 5.62. The molecule has 1 aliphatic rings. The maximum atomic E-state index is 11.6. The van der Waals surface area contributed by atoms with Gasteiger partial charge in [0.2, 0.25) is 5.91 Å². The van der Waals surface area contributed by atoms with Crippen LogP contribution in [0.5, 0.6) is 0 Å². The van der Waals surface area contributed by atoms with Crippen molar-refractivity contribution in [2.24, 2.45) is 0 Å². The number of anilines is 1. The molecule has 1 fully saturated rings. The molecule has 0 spiro atoms. The molecule has 1 aliphatic heterocycles. The van der Waals surface area contributed by atoms with E-state index < -0.39 is 11.8 Å². The molecule has 0 atom stereocenters. The van der Waals surface area contributed by atoms with Gasteiger partial charge in [0.1, 0.15) is 5.57 Å². The Balaban J connectivity index is 2.22. The van der Waals surface area contributed by atoms with Crippen molar-refractivity contribution in [2.45, 2.75) is 6.92 Å². The molecule has 1 saturated heterocycles. The van der Waals surface area contributed by atoms with Crippen molar-refractivity contribution in [1.82, 2.24) is 10.6 Å². The van der Waals surface area contributed by atoms with Gasteiger partial charge in [-0.15, -0.1) is 0 Å². The fourth-order valence-electron chi connectivity index (χ4n) is 1.64. The quantitative estimate of drug-likeness (QED) is 0.422. The SMILES string of the molecule is CC(=O)Nc1ccc(C=C2C(=O)NC(=S)NC2=O)cc1. The monoisotopic (exact) mass is 289 g/mol. The van der Waals surface area contributed by atoms with Crippen molar-refractivity contribution in [3.63, 3.8) is 0 Å². The summed E-state index contributed by atoms with van der Waals surface area (Å²) < 4.78 is 0. The summed E-state index contributed by atoms with van der Waals surface area (Å²) in [5.41, 5.74) is 1.27. The van der Waals surface area contributed by atoms with Gasteiger partial charge in [0, 0.05) is 12.6 Å². The molecule has 7 heteroatoms. The van der Waals surface area contributed by atoms with E-state index in [1.54, 1.807) is 24.3 Å². The van der Waals surface area contributed by atoms with E-state index in [9.17, 15) is 14.4 Å². The van der Waals surface area contributed by atoms with Gasteiger partial charge in [-0.2, -0.15) is 0 Å². The fraction of sp³-hybridized carbons (Fsp3) is 0.0769. The maximum Gasteiger partial charge on any atom is 0.263 e. The normalized spacial score (nSPS) is 14.4. The topological polar surface area (TPSA) is 87.3 Å². The number of amides is 3. The van der Waals surface area contributed by atoms with Crippen LogP contribution < -0.4 is 16.0 Å². The van der Waals surface area contributed by atoms with Crippen molar-refractivity contribution in [3.05, 3.63) is 35.4 Å². The van der Waals surface area contributed by atoms with Crippen molar-refractivity contribution < 1.29 is 14.4 Å². The van der Waals surface area contributed by atoms with E-state index in [2.05, 4.69) is 16.0 Å². The highest BCUT2D eigenvalue weighted by Crippen LogP contribution is 2.13. The van der Waals surface area contributed by atoms with Crippen LogP contribution in [-0.4, -0.2) is 22.8 Å². The zero-order chi connectivity index (χ0) is 14.7. The predicted octanol–water partition coefficient (Wildman–Crippen LogP) is 0.559. The zero-order valence-corrected chi connectivity index (χ0v) is 11.3. The number of rotatable bonds is 2. The lowest BCUT2D eigenvalue weighted by molar-refractivity contribution is -0.123. The van der Waals surface area contributed by atoms with Crippen molar-refractivity contribution in [1.29, 1.82) is 0 Å². The Morgan fingerprint density at radius 3 is 2.20 bits per heavy atom. The fourth-order valence-corrected chi connectivity index (χ4v) is 1.82. The minimum atomic E-state index is -0.537. The lowest BCUT2D eigenvalue weighted by Crippen LogP contribution is -2.51. The lowest BCUT2D eigenvalue weighted by atomic mass is 10.1. The first-order chi connectivity index (χ1) is 9.45. The van der Waals surface area contributed by atoms with Gasteiger partial charge in [0.05, 0.1) is 0 Å². The Morgan fingerprint density at radius 1 is 1.15 bits per heavy atom. The molecule has 102 valence electrons. The van der Waals surface area contributed by atoms with Crippen LogP contribution in [0.2, 0.25) is 0 Å². The highest BCUT2D eigenvalue weighted by Gasteiger charge is 2.25. The van der Waals surface area contributed by atoms with E-state index in [0.29, 0.717) is 11.3 Å². The second-order valence-electron chi connectivity index (χ2n) is 4.10. The van der Waals surface area contributed by atoms with Crippen molar-refractivity contribution >= 4 is 46.8 Å². The van der Waals surface area contributed by atoms with E-state index in [1.807, 2.05) is 0 Å². The third-order valence-electron chi connectivity index (χ3n) is 2.49. The molecule has 3 amide bonds. The smallest absolute Gasteiger partial charge is 0.263 e. The summed E-state index contributed by atoms with van der Waals surface area (Å²) >= 11 is 4.70. The summed E-state index contributed by atoms with van der Waals surface area (Å²) in [6, 6.07) is 6.73. The average Bonchev–Trinajstić information content (AvgIpc) is 2.35. The average molecular weight is 289 g/mol. The van der Waals surface area contributed by atoms with Gasteiger partial charge in [0.25, 0.3) is 11.8 Å². The van der Waals surface area contributed by atoms with E-state index >= 15 is 0 Å². The van der Waals surface area contributed by atoms with Crippen LogP contribution in [0.4, 0.5) is 5.69 Å². The van der Waals surface area contributed by atoms with Crippen LogP contribution in [0, 0.1) is 0 Å². The van der Waals surface area contributed by atoms with Gasteiger partial charge in [-0.1, -0.05) is 12.1 Å². The van der Waals surface area contributed by atoms with Crippen LogP contribution >= 0.6 is 12.2 Å². The van der Waals surface area contributed by atoms with E-state index in [4.69, 9.17) is 12.2 Å². The largest absolute Gasteiger partial charge is 0.326 e. The standard InChI is InChI=1S/C13H11N3O3S/c1-7(17)14-9-4-2-8(3-5-9)6-10-11(18)15-13(20)16-12(10)19/h2-6H,1H3,(H,14,17)(H2,15,16,18,19,20). The van der Waals surface area contributed by atoms with Gasteiger partial charge < -0.3 is 5.32 Å². The number of nitrogens with one attached hydrogen (secondary N) is 3. The summed E-state index contributed by atoms with van der Waals surface area (Å²) in [5.74, 6) is -1.25. The van der Waals surface area contributed by atoms with Gasteiger partial charge >= 0.3 is 0 Å². The van der Waals surface area contributed by atoms with Gasteiger partial charge in [-0.05, 0) is 36.0 Å². The summed E-state index contributed by atoms with van der Waals surface area (Å²) in [6.45, 7) is 1.41. The summed E-state index contributed by atoms with van der Waals surface area (Å²) in [5, 5.41) is 7.33. The second-order valence-corrected chi connectivity index (χ2v) is 4.51. The number of benzene rings is 1. The molecule has 0 bridgehead atoms. The highest BCUT2D eigenvalue weighted by molar-refractivity contribution is 7.80. The number of thiocarbonyl (C=S) groups is 1. The lowest BCUT2D eigenvalue weighted by Gasteiger charge is -2.16. The van der Waals surface area contributed by atoms with Gasteiger partial charge in [0.15, 0.2) is 5.11 Å². The third-order valence-corrected chi connectivity index (χ3v) is 2.69. The first kappa shape index (κ1) is 13.9. The van der Waals surface area contributed by atoms with Gasteiger partial charge in [-0.25, -0.2) is 0 Å². The maximum absolute atomic E-state index is 11.6. The molecule has 20 heavy (non-hydrogen) atoms. The minimum absolute atomic E-state index is 0.00171. The minimum Gasteiger partial charge on any atom is -0.326 e. The van der Waals surface area contributed by atoms with Crippen LogP contribution in [0.15, 0.2) is 29.8 Å². The number of hydrogen-bond acceptors (Lipinski definition) is 4. The molecule has 3 N–H and O–H groups in total. The molecule has 0 radical (unpaired) electrons. The first-order valence-corrected chi connectivity index (χ1v) is 6.12. The first-order valence-electron chi connectivity index (χ1n) is 5.72. The molecular weight excluding hydrogens is 278 g/mol. The number of hydrogen-bond donors (Lipinski definition) is 3. The molecule has 2 rings (SSSR count). The van der Waals surface area contributed by atoms with Crippen LogP contribution in [0.25, 0.3) is 6.08 Å². The molecule has 1 aromatic rings. The zero-order valence-electron chi connectivity index (χ0n) is 10.5. The van der Waals surface area contributed by atoms with Crippen LogP contribution in [-0.2, 0) is 14.4 Å². The Labute approximate surface area is 120 Å². The molecule has 0 aliphatic carbocycles. The number of carbonyl (C=O) groups excluding carboxylic acids is 3. The number of carbonyl (C=O) groups is 3. The highest BCUT2D eigenvalue weighted by atomic mass is 32.1. The molecule has 1 aromatic carbocycles. The molecular formula is C13H11N3O3S. The Bertz CT molecular complexity index is 613. The van der Waals surface area contributed by atoms with Crippen molar-refractivity contribution in [3.8, 4) is 0 Å². The van der Waals surface area contributed by atoms with E-state index in [1.165, 1.54) is 13.0 Å². The molecule has 0 unspecified atom stereocenters. The summed E-state index contributed by atoms with van der Waals surface area (Å²) in [7, 11) is 0. The molecule has 6 nitrogen and oxygen atoms in total. The molecule has 0 aromatic heterocycles. The Hall–Kier alpha value is -2.54. The van der Waals surface area contributed by atoms with Gasteiger partial charge in [-0.3, -0.25) is 25.0 Å². The van der Waals surface area contributed by atoms with Crippen LogP contribution in [0.3, 0.4) is 0 Å². The third kappa shape index (κ3) is 3.27. The van der Waals surface area contributed by atoms with E-state index in [-0.39, 0.29) is 16.6 Å². The summed E-state index contributed by atoms with van der Waals surface area (Å²) in [4.78, 5) is 34.2. The molecule has 1 heterocycles. The molecule has 0 saturated carbocycles. The van der Waals surface area contributed by atoms with E-state index in [0.717, 1.165) is 0 Å². The summed E-state index contributed by atoms with van der Waals surface area (Å²) in [6.07, 6.45) is 1.45. The van der Waals surface area contributed by atoms with Crippen LogP contribution in [0.1, 0.15) is 12.5 Å². The van der Waals surface area contributed by atoms with Crippen molar-refractivity contribution in [2.75, 3.05) is 5.32 Å². The Morgan fingerprint density at radius 2 is 1.70 bits per heavy atom. The predicted molar refractivity (Wildman–Crippen MR) is 77.6 cm³/mol. The Kier molecular flexibility index (Phi) is 3.90.